The van der Waals surface area contributed by atoms with Gasteiger partial charge in [-0.2, -0.15) is 5.10 Å². The predicted octanol–water partition coefficient (Wildman–Crippen LogP) is 3.27. The molecule has 28 heavy (non-hydrogen) atoms. The zero-order valence-corrected chi connectivity index (χ0v) is 16.4. The van der Waals surface area contributed by atoms with Gasteiger partial charge in [0.25, 0.3) is 5.91 Å². The number of carbonyl (C=O) groups excluding carboxylic acids is 2. The summed E-state index contributed by atoms with van der Waals surface area (Å²) in [6.07, 6.45) is 2.39. The highest BCUT2D eigenvalue weighted by Crippen LogP contribution is 2.31. The summed E-state index contributed by atoms with van der Waals surface area (Å²) in [7, 11) is 0. The number of hydrogen-bond acceptors (Lipinski definition) is 4. The van der Waals surface area contributed by atoms with Crippen LogP contribution in [0.3, 0.4) is 0 Å². The average molecular weight is 395 g/mol. The quantitative estimate of drug-likeness (QED) is 0.713. The van der Waals surface area contributed by atoms with E-state index in [0.717, 1.165) is 17.0 Å². The molecule has 6 nitrogen and oxygen atoms in total. The number of amides is 2. The Morgan fingerprint density at radius 3 is 2.75 bits per heavy atom. The second kappa shape index (κ2) is 7.98. The molecule has 2 atom stereocenters. The Kier molecular flexibility index (Phi) is 5.25. The molecular weight excluding hydrogens is 372 g/mol. The molecule has 1 saturated heterocycles. The average Bonchev–Trinajstić information content (AvgIpc) is 3.39. The standard InChI is InChI=1S/C21H22N4O2S/c1-14(26)23-18-13-25(10-9-16(18)15-6-3-2-4-7-15)21(27)17-12-22-24-20(17)19-8-5-11-28-19/h2-8,11-12,16,18H,9-10,13H2,1H3,(H,22,24)(H,23,26)/t16-,18-/m0/s1. The summed E-state index contributed by atoms with van der Waals surface area (Å²) in [5.41, 5.74) is 2.51. The van der Waals surface area contributed by atoms with E-state index in [2.05, 4.69) is 27.6 Å². The Bertz CT molecular complexity index is 952. The molecular formula is C21H22N4O2S. The second-order valence-corrected chi connectivity index (χ2v) is 7.95. The Hall–Kier alpha value is -2.93. The van der Waals surface area contributed by atoms with Crippen LogP contribution in [0.4, 0.5) is 0 Å². The largest absolute Gasteiger partial charge is 0.351 e. The van der Waals surface area contributed by atoms with Gasteiger partial charge >= 0.3 is 0 Å². The van der Waals surface area contributed by atoms with Crippen molar-refractivity contribution in [2.45, 2.75) is 25.3 Å². The third-order valence-corrected chi connectivity index (χ3v) is 6.04. The number of piperidine rings is 1. The van der Waals surface area contributed by atoms with Crippen molar-refractivity contribution in [2.75, 3.05) is 13.1 Å². The van der Waals surface area contributed by atoms with E-state index in [1.165, 1.54) is 12.5 Å². The summed E-state index contributed by atoms with van der Waals surface area (Å²) in [6.45, 7) is 2.64. The van der Waals surface area contributed by atoms with Crippen molar-refractivity contribution in [1.82, 2.24) is 20.4 Å². The first-order chi connectivity index (χ1) is 13.6. The summed E-state index contributed by atoms with van der Waals surface area (Å²) in [5.74, 6) is 0.0529. The zero-order valence-electron chi connectivity index (χ0n) is 15.6. The lowest BCUT2D eigenvalue weighted by atomic mass is 9.85. The molecule has 1 aliphatic heterocycles. The van der Waals surface area contributed by atoms with Gasteiger partial charge in [-0.25, -0.2) is 0 Å². The highest BCUT2D eigenvalue weighted by atomic mass is 32.1. The van der Waals surface area contributed by atoms with Gasteiger partial charge in [0.05, 0.1) is 28.4 Å². The molecule has 4 rings (SSSR count). The molecule has 2 aromatic heterocycles. The van der Waals surface area contributed by atoms with E-state index < -0.39 is 0 Å². The fourth-order valence-electron chi connectivity index (χ4n) is 3.87. The van der Waals surface area contributed by atoms with Gasteiger partial charge in [-0.1, -0.05) is 36.4 Å². The third-order valence-electron chi connectivity index (χ3n) is 5.15. The van der Waals surface area contributed by atoms with Gasteiger partial charge in [0.2, 0.25) is 5.91 Å². The number of aromatic amines is 1. The Balaban J connectivity index is 1.56. The van der Waals surface area contributed by atoms with Crippen LogP contribution in [0.2, 0.25) is 0 Å². The maximum atomic E-state index is 13.2. The number of carbonyl (C=O) groups is 2. The van der Waals surface area contributed by atoms with E-state index in [4.69, 9.17) is 0 Å². The van der Waals surface area contributed by atoms with E-state index in [-0.39, 0.29) is 23.8 Å². The molecule has 144 valence electrons. The SMILES string of the molecule is CC(=O)N[C@H]1CN(C(=O)c2cn[nH]c2-c2cccs2)CC[C@H]1c1ccccc1. The number of aromatic nitrogens is 2. The Labute approximate surface area is 167 Å². The van der Waals surface area contributed by atoms with Gasteiger partial charge in [0, 0.05) is 25.9 Å². The van der Waals surface area contributed by atoms with Crippen molar-refractivity contribution in [2.24, 2.45) is 0 Å². The molecule has 1 aromatic carbocycles. The number of hydrogen-bond donors (Lipinski definition) is 2. The normalized spacial score (nSPS) is 19.4. The topological polar surface area (TPSA) is 78.1 Å². The lowest BCUT2D eigenvalue weighted by molar-refractivity contribution is -0.120. The molecule has 0 unspecified atom stereocenters. The number of likely N-dealkylation sites (tertiary alicyclic amines) is 1. The van der Waals surface area contributed by atoms with Crippen LogP contribution in [0.1, 0.15) is 35.2 Å². The van der Waals surface area contributed by atoms with Gasteiger partial charge in [0.15, 0.2) is 0 Å². The van der Waals surface area contributed by atoms with Crippen LogP contribution in [0.15, 0.2) is 54.0 Å². The molecule has 1 aliphatic rings. The summed E-state index contributed by atoms with van der Waals surface area (Å²) < 4.78 is 0. The predicted molar refractivity (Wildman–Crippen MR) is 109 cm³/mol. The maximum absolute atomic E-state index is 13.2. The smallest absolute Gasteiger partial charge is 0.257 e. The minimum atomic E-state index is -0.116. The van der Waals surface area contributed by atoms with Crippen molar-refractivity contribution >= 4 is 23.2 Å². The molecule has 0 radical (unpaired) electrons. The molecule has 2 amide bonds. The van der Waals surface area contributed by atoms with Crippen molar-refractivity contribution in [3.05, 3.63) is 65.2 Å². The van der Waals surface area contributed by atoms with Gasteiger partial charge < -0.3 is 10.2 Å². The van der Waals surface area contributed by atoms with Gasteiger partial charge in [-0.15, -0.1) is 11.3 Å². The summed E-state index contributed by atoms with van der Waals surface area (Å²) in [6, 6.07) is 14.0. The van der Waals surface area contributed by atoms with E-state index in [1.807, 2.05) is 40.6 Å². The fraction of sp³-hybridized carbons (Fsp3) is 0.286. The molecule has 0 saturated carbocycles. The van der Waals surface area contributed by atoms with Crippen molar-refractivity contribution < 1.29 is 9.59 Å². The summed E-state index contributed by atoms with van der Waals surface area (Å²) in [5, 5.41) is 12.1. The molecule has 3 aromatic rings. The first-order valence-electron chi connectivity index (χ1n) is 9.32. The first-order valence-corrected chi connectivity index (χ1v) is 10.2. The van der Waals surface area contributed by atoms with E-state index >= 15 is 0 Å². The maximum Gasteiger partial charge on any atom is 0.257 e. The van der Waals surface area contributed by atoms with E-state index in [9.17, 15) is 9.59 Å². The van der Waals surface area contributed by atoms with E-state index in [0.29, 0.717) is 18.7 Å². The van der Waals surface area contributed by atoms with Crippen LogP contribution in [-0.4, -0.2) is 46.0 Å². The lowest BCUT2D eigenvalue weighted by Crippen LogP contribution is -2.52. The van der Waals surface area contributed by atoms with Crippen LogP contribution >= 0.6 is 11.3 Å². The minimum Gasteiger partial charge on any atom is -0.351 e. The van der Waals surface area contributed by atoms with Gasteiger partial charge in [-0.05, 0) is 23.4 Å². The summed E-state index contributed by atoms with van der Waals surface area (Å²) >= 11 is 1.57. The van der Waals surface area contributed by atoms with Gasteiger partial charge in [-0.3, -0.25) is 14.7 Å². The molecule has 7 heteroatoms. The monoisotopic (exact) mass is 394 g/mol. The molecule has 3 heterocycles. The van der Waals surface area contributed by atoms with Crippen molar-refractivity contribution in [3.8, 4) is 10.6 Å². The van der Waals surface area contributed by atoms with Crippen molar-refractivity contribution in [1.29, 1.82) is 0 Å². The van der Waals surface area contributed by atoms with Crippen LogP contribution in [-0.2, 0) is 4.79 Å². The number of nitrogens with one attached hydrogen (secondary N) is 2. The van der Waals surface area contributed by atoms with Crippen LogP contribution in [0.5, 0.6) is 0 Å². The summed E-state index contributed by atoms with van der Waals surface area (Å²) in [4.78, 5) is 27.8. The highest BCUT2D eigenvalue weighted by Gasteiger charge is 2.34. The minimum absolute atomic E-state index is 0.0565. The zero-order chi connectivity index (χ0) is 19.5. The number of nitrogens with zero attached hydrogens (tertiary/aromatic N) is 2. The number of benzene rings is 1. The van der Waals surface area contributed by atoms with Crippen molar-refractivity contribution in [3.63, 3.8) is 0 Å². The molecule has 0 bridgehead atoms. The Morgan fingerprint density at radius 2 is 2.04 bits per heavy atom. The third kappa shape index (κ3) is 3.71. The van der Waals surface area contributed by atoms with Crippen LogP contribution < -0.4 is 5.32 Å². The molecule has 0 spiro atoms. The highest BCUT2D eigenvalue weighted by molar-refractivity contribution is 7.13. The lowest BCUT2D eigenvalue weighted by Gasteiger charge is -2.39. The number of thiophene rings is 1. The van der Waals surface area contributed by atoms with Gasteiger partial charge in [0.1, 0.15) is 0 Å². The van der Waals surface area contributed by atoms with Crippen LogP contribution in [0, 0.1) is 0 Å². The molecule has 1 fully saturated rings. The molecule has 2 N–H and O–H groups in total. The fourth-order valence-corrected chi connectivity index (χ4v) is 4.60. The van der Waals surface area contributed by atoms with E-state index in [1.54, 1.807) is 17.5 Å². The second-order valence-electron chi connectivity index (χ2n) is 7.00. The first kappa shape index (κ1) is 18.4. The Morgan fingerprint density at radius 1 is 1.21 bits per heavy atom. The number of H-pyrrole nitrogens is 1. The van der Waals surface area contributed by atoms with Crippen LogP contribution in [0.25, 0.3) is 10.6 Å². The number of rotatable bonds is 4. The molecule has 0 aliphatic carbocycles.